The van der Waals surface area contributed by atoms with Gasteiger partial charge in [-0.15, -0.1) is 11.8 Å². The minimum atomic E-state index is -0.415. The zero-order chi connectivity index (χ0) is 14.2. The first-order valence-electron chi connectivity index (χ1n) is 6.91. The molecule has 1 aliphatic rings. The molecule has 5 heteroatoms. The van der Waals surface area contributed by atoms with Gasteiger partial charge in [-0.1, -0.05) is 18.2 Å². The van der Waals surface area contributed by atoms with Gasteiger partial charge in [0.25, 0.3) is 0 Å². The van der Waals surface area contributed by atoms with Crippen molar-refractivity contribution in [3.8, 4) is 0 Å². The van der Waals surface area contributed by atoms with E-state index in [1.54, 1.807) is 0 Å². The van der Waals surface area contributed by atoms with E-state index in [9.17, 15) is 4.79 Å². The van der Waals surface area contributed by atoms with Crippen LogP contribution in [0, 0.1) is 0 Å². The van der Waals surface area contributed by atoms with Gasteiger partial charge in [-0.3, -0.25) is 4.98 Å². The molecule has 0 saturated carbocycles. The number of aromatic nitrogens is 1. The largest absolute Gasteiger partial charge is 0.417 e. The molecule has 0 radical (unpaired) electrons. The number of thioether (sulfide) groups is 1. The van der Waals surface area contributed by atoms with Crippen LogP contribution < -0.4 is 11.1 Å². The SMILES string of the molecule is O=c1[nH]c2cc(NC3CCSc4ccccc43)ccc2o1. The van der Waals surface area contributed by atoms with Crippen LogP contribution in [0.2, 0.25) is 0 Å². The normalized spacial score (nSPS) is 17.6. The maximum absolute atomic E-state index is 11.2. The molecule has 0 spiro atoms. The first kappa shape index (κ1) is 12.6. The summed E-state index contributed by atoms with van der Waals surface area (Å²) in [4.78, 5) is 15.2. The molecule has 106 valence electrons. The molecule has 0 fully saturated rings. The van der Waals surface area contributed by atoms with E-state index in [2.05, 4.69) is 34.6 Å². The van der Waals surface area contributed by atoms with E-state index in [0.717, 1.165) is 23.4 Å². The van der Waals surface area contributed by atoms with Gasteiger partial charge in [0, 0.05) is 16.3 Å². The number of H-pyrrole nitrogens is 1. The molecule has 0 aliphatic carbocycles. The quantitative estimate of drug-likeness (QED) is 0.756. The Bertz CT molecular complexity index is 853. The van der Waals surface area contributed by atoms with Crippen LogP contribution in [-0.4, -0.2) is 10.7 Å². The molecule has 0 saturated heterocycles. The first-order valence-corrected chi connectivity index (χ1v) is 7.89. The molecule has 21 heavy (non-hydrogen) atoms. The van der Waals surface area contributed by atoms with Gasteiger partial charge in [0.05, 0.1) is 11.6 Å². The van der Waals surface area contributed by atoms with Crippen LogP contribution >= 0.6 is 11.8 Å². The molecule has 1 aromatic heterocycles. The lowest BCUT2D eigenvalue weighted by molar-refractivity contribution is 0.555. The number of nitrogens with one attached hydrogen (secondary N) is 2. The van der Waals surface area contributed by atoms with E-state index in [-0.39, 0.29) is 0 Å². The number of fused-ring (bicyclic) bond motifs is 2. The third-order valence-corrected chi connectivity index (χ3v) is 4.84. The smallest absolute Gasteiger partial charge is 0.408 e. The molecule has 4 rings (SSSR count). The van der Waals surface area contributed by atoms with Gasteiger partial charge in [0.1, 0.15) is 0 Å². The lowest BCUT2D eigenvalue weighted by Crippen LogP contribution is -2.15. The molecule has 2 N–H and O–H groups in total. The summed E-state index contributed by atoms with van der Waals surface area (Å²) in [5.41, 5.74) is 3.65. The van der Waals surface area contributed by atoms with E-state index < -0.39 is 5.76 Å². The van der Waals surface area contributed by atoms with Crippen molar-refractivity contribution in [2.45, 2.75) is 17.4 Å². The van der Waals surface area contributed by atoms with Crippen LogP contribution in [0.5, 0.6) is 0 Å². The third kappa shape index (κ3) is 2.34. The zero-order valence-electron chi connectivity index (χ0n) is 11.3. The van der Waals surface area contributed by atoms with E-state index in [4.69, 9.17) is 4.42 Å². The number of rotatable bonds is 2. The van der Waals surface area contributed by atoms with Crippen molar-refractivity contribution >= 4 is 28.5 Å². The maximum Gasteiger partial charge on any atom is 0.417 e. The van der Waals surface area contributed by atoms with Gasteiger partial charge in [-0.05, 0) is 36.2 Å². The Labute approximate surface area is 125 Å². The summed E-state index contributed by atoms with van der Waals surface area (Å²) in [6.07, 6.45) is 1.08. The van der Waals surface area contributed by atoms with Gasteiger partial charge in [0.2, 0.25) is 0 Å². The Balaban J connectivity index is 1.67. The van der Waals surface area contributed by atoms with E-state index in [1.807, 2.05) is 30.0 Å². The highest BCUT2D eigenvalue weighted by atomic mass is 32.2. The van der Waals surface area contributed by atoms with Crippen LogP contribution in [0.15, 0.2) is 56.6 Å². The monoisotopic (exact) mass is 298 g/mol. The molecular formula is C16H14N2O2S. The zero-order valence-corrected chi connectivity index (χ0v) is 12.1. The van der Waals surface area contributed by atoms with Crippen molar-refractivity contribution in [2.24, 2.45) is 0 Å². The summed E-state index contributed by atoms with van der Waals surface area (Å²) in [5, 5.41) is 3.56. The van der Waals surface area contributed by atoms with Crippen molar-refractivity contribution in [3.05, 3.63) is 58.6 Å². The van der Waals surface area contributed by atoms with Gasteiger partial charge in [0.15, 0.2) is 5.58 Å². The lowest BCUT2D eigenvalue weighted by Gasteiger charge is -2.26. The molecule has 0 bridgehead atoms. The van der Waals surface area contributed by atoms with Gasteiger partial charge in [-0.2, -0.15) is 0 Å². The lowest BCUT2D eigenvalue weighted by atomic mass is 10.0. The van der Waals surface area contributed by atoms with Crippen LogP contribution in [0.25, 0.3) is 11.1 Å². The predicted octanol–water partition coefficient (Wildman–Crippen LogP) is 3.77. The van der Waals surface area contributed by atoms with E-state index >= 15 is 0 Å². The number of anilines is 1. The maximum atomic E-state index is 11.2. The number of oxazole rings is 1. The summed E-state index contributed by atoms with van der Waals surface area (Å²) in [7, 11) is 0. The van der Waals surface area contributed by atoms with Gasteiger partial charge < -0.3 is 9.73 Å². The number of aromatic amines is 1. The fraction of sp³-hybridized carbons (Fsp3) is 0.188. The van der Waals surface area contributed by atoms with Crippen molar-refractivity contribution in [1.82, 2.24) is 4.98 Å². The van der Waals surface area contributed by atoms with Crippen LogP contribution in [0.3, 0.4) is 0 Å². The molecule has 2 aromatic carbocycles. The molecule has 3 aromatic rings. The summed E-state index contributed by atoms with van der Waals surface area (Å²) in [6.45, 7) is 0. The van der Waals surface area contributed by atoms with Crippen molar-refractivity contribution in [1.29, 1.82) is 0 Å². The molecule has 1 aliphatic heterocycles. The minimum Gasteiger partial charge on any atom is -0.408 e. The second kappa shape index (κ2) is 5.00. The molecule has 0 amide bonds. The average Bonchev–Trinajstić information content (AvgIpc) is 2.87. The number of benzene rings is 2. The average molecular weight is 298 g/mol. The van der Waals surface area contributed by atoms with Crippen molar-refractivity contribution in [2.75, 3.05) is 11.1 Å². The van der Waals surface area contributed by atoms with Crippen molar-refractivity contribution < 1.29 is 4.42 Å². The van der Waals surface area contributed by atoms with Crippen LogP contribution in [-0.2, 0) is 0 Å². The highest BCUT2D eigenvalue weighted by Crippen LogP contribution is 2.37. The third-order valence-electron chi connectivity index (χ3n) is 3.72. The molecule has 2 heterocycles. The highest BCUT2D eigenvalue weighted by molar-refractivity contribution is 7.99. The second-order valence-corrected chi connectivity index (χ2v) is 6.23. The highest BCUT2D eigenvalue weighted by Gasteiger charge is 2.20. The summed E-state index contributed by atoms with van der Waals surface area (Å²) in [6, 6.07) is 14.5. The topological polar surface area (TPSA) is 58.0 Å². The van der Waals surface area contributed by atoms with E-state index in [0.29, 0.717) is 11.6 Å². The van der Waals surface area contributed by atoms with Crippen molar-refractivity contribution in [3.63, 3.8) is 0 Å². The molecule has 1 unspecified atom stereocenters. The first-order chi connectivity index (χ1) is 10.3. The Morgan fingerprint density at radius 3 is 3.10 bits per heavy atom. The summed E-state index contributed by atoms with van der Waals surface area (Å²) < 4.78 is 5.03. The molecular weight excluding hydrogens is 284 g/mol. The standard InChI is InChI=1S/C16H14N2O2S/c19-16-18-13-9-10(5-6-14(13)20-16)17-12-7-8-21-15-4-2-1-3-11(12)15/h1-6,9,12,17H,7-8H2,(H,18,19). The molecule has 1 atom stereocenters. The second-order valence-electron chi connectivity index (χ2n) is 5.10. The van der Waals surface area contributed by atoms with E-state index in [1.165, 1.54) is 10.5 Å². The Kier molecular flexibility index (Phi) is 3.00. The fourth-order valence-corrected chi connectivity index (χ4v) is 3.86. The Morgan fingerprint density at radius 1 is 1.24 bits per heavy atom. The summed E-state index contributed by atoms with van der Waals surface area (Å²) >= 11 is 1.91. The minimum absolute atomic E-state index is 0.304. The van der Waals surface area contributed by atoms with Crippen LogP contribution in [0.4, 0.5) is 5.69 Å². The van der Waals surface area contributed by atoms with Gasteiger partial charge >= 0.3 is 5.76 Å². The predicted molar refractivity (Wildman–Crippen MR) is 85.0 cm³/mol. The van der Waals surface area contributed by atoms with Crippen LogP contribution in [0.1, 0.15) is 18.0 Å². The number of hydrogen-bond acceptors (Lipinski definition) is 4. The molecule has 4 nitrogen and oxygen atoms in total. The Hall–Kier alpha value is -2.14. The van der Waals surface area contributed by atoms with Gasteiger partial charge in [-0.25, -0.2) is 4.79 Å². The fourth-order valence-electron chi connectivity index (χ4n) is 2.73. The Morgan fingerprint density at radius 2 is 2.14 bits per heavy atom. The number of hydrogen-bond donors (Lipinski definition) is 2. The summed E-state index contributed by atoms with van der Waals surface area (Å²) in [5.74, 6) is 0.695.